The number of aromatic nitrogens is 1. The van der Waals surface area contributed by atoms with E-state index in [0.29, 0.717) is 24.4 Å². The van der Waals surface area contributed by atoms with Crippen LogP contribution in [-0.4, -0.2) is 39.3 Å². The number of nitrogens with zero attached hydrogens (tertiary/aromatic N) is 3. The third kappa shape index (κ3) is 5.29. The highest BCUT2D eigenvalue weighted by molar-refractivity contribution is 5.96. The molecular formula is C24H27N3O3. The minimum absolute atomic E-state index is 0.0378. The summed E-state index contributed by atoms with van der Waals surface area (Å²) < 4.78 is 7.42. The van der Waals surface area contributed by atoms with Crippen LogP contribution >= 0.6 is 0 Å². The summed E-state index contributed by atoms with van der Waals surface area (Å²) in [6.45, 7) is 6.71. The Morgan fingerprint density at radius 2 is 1.83 bits per heavy atom. The average Bonchev–Trinajstić information content (AvgIpc) is 3.39. The summed E-state index contributed by atoms with van der Waals surface area (Å²) in [5.41, 5.74) is 2.62. The van der Waals surface area contributed by atoms with Gasteiger partial charge in [-0.15, -0.1) is 6.58 Å². The molecule has 0 radical (unpaired) electrons. The highest BCUT2D eigenvalue weighted by atomic mass is 16.3. The molecule has 3 aromatic rings. The van der Waals surface area contributed by atoms with Gasteiger partial charge in [0.25, 0.3) is 5.91 Å². The van der Waals surface area contributed by atoms with Gasteiger partial charge in [-0.3, -0.25) is 9.59 Å². The van der Waals surface area contributed by atoms with E-state index in [4.69, 9.17) is 4.42 Å². The van der Waals surface area contributed by atoms with Crippen LogP contribution in [0.15, 0.2) is 78.1 Å². The van der Waals surface area contributed by atoms with Crippen molar-refractivity contribution in [3.05, 3.63) is 96.2 Å². The Balaban J connectivity index is 1.78. The third-order valence-electron chi connectivity index (χ3n) is 4.95. The molecule has 0 unspecified atom stereocenters. The fraction of sp³-hybridized carbons (Fsp3) is 0.250. The largest absolute Gasteiger partial charge is 0.467 e. The highest BCUT2D eigenvalue weighted by Gasteiger charge is 2.23. The molecule has 3 rings (SSSR count). The molecule has 6 heteroatoms. The van der Waals surface area contributed by atoms with Crippen LogP contribution in [-0.2, 0) is 24.9 Å². The summed E-state index contributed by atoms with van der Waals surface area (Å²) in [4.78, 5) is 29.4. The predicted octanol–water partition coefficient (Wildman–Crippen LogP) is 3.78. The molecular weight excluding hydrogens is 378 g/mol. The fourth-order valence-corrected chi connectivity index (χ4v) is 3.20. The van der Waals surface area contributed by atoms with Crippen molar-refractivity contribution < 1.29 is 14.0 Å². The van der Waals surface area contributed by atoms with Crippen LogP contribution in [0, 0.1) is 6.92 Å². The normalized spacial score (nSPS) is 10.6. The number of hydrogen-bond acceptors (Lipinski definition) is 3. The number of furan rings is 1. The van der Waals surface area contributed by atoms with Gasteiger partial charge in [-0.2, -0.15) is 0 Å². The van der Waals surface area contributed by atoms with Gasteiger partial charge in [0, 0.05) is 31.0 Å². The second-order valence-electron chi connectivity index (χ2n) is 7.28. The number of amides is 2. The van der Waals surface area contributed by atoms with Crippen molar-refractivity contribution in [3.63, 3.8) is 0 Å². The molecule has 0 atom stereocenters. The second kappa shape index (κ2) is 9.78. The summed E-state index contributed by atoms with van der Waals surface area (Å²) in [5, 5.41) is 0. The maximum Gasteiger partial charge on any atom is 0.254 e. The van der Waals surface area contributed by atoms with Gasteiger partial charge in [-0.1, -0.05) is 23.8 Å². The first-order valence-corrected chi connectivity index (χ1v) is 9.85. The van der Waals surface area contributed by atoms with Gasteiger partial charge >= 0.3 is 0 Å². The molecule has 0 bridgehead atoms. The van der Waals surface area contributed by atoms with Crippen LogP contribution in [0.25, 0.3) is 0 Å². The van der Waals surface area contributed by atoms with E-state index in [1.807, 2.05) is 55.1 Å². The smallest absolute Gasteiger partial charge is 0.254 e. The van der Waals surface area contributed by atoms with Gasteiger partial charge in [0.1, 0.15) is 12.3 Å². The zero-order valence-corrected chi connectivity index (χ0v) is 17.5. The molecule has 2 amide bonds. The van der Waals surface area contributed by atoms with Crippen LogP contribution in [0.4, 0.5) is 0 Å². The van der Waals surface area contributed by atoms with E-state index in [-0.39, 0.29) is 24.9 Å². The average molecular weight is 405 g/mol. The standard InChI is InChI=1S/C24H27N3O3/c1-4-13-26(24(29)20-11-9-19(2)10-12-20)18-23(28)27(17-22-8-6-15-30-22)16-21-7-5-14-25(21)3/h4-12,14-15H,1,13,16-18H2,2-3H3. The fourth-order valence-electron chi connectivity index (χ4n) is 3.20. The van der Waals surface area contributed by atoms with Crippen molar-refractivity contribution in [1.82, 2.24) is 14.4 Å². The molecule has 30 heavy (non-hydrogen) atoms. The summed E-state index contributed by atoms with van der Waals surface area (Å²) in [6, 6.07) is 14.9. The molecule has 0 aliphatic heterocycles. The first kappa shape index (κ1) is 21.2. The van der Waals surface area contributed by atoms with E-state index in [0.717, 1.165) is 11.3 Å². The molecule has 2 heterocycles. The lowest BCUT2D eigenvalue weighted by molar-refractivity contribution is -0.133. The van der Waals surface area contributed by atoms with Gasteiger partial charge in [0.05, 0.1) is 19.4 Å². The van der Waals surface area contributed by atoms with Gasteiger partial charge in [-0.25, -0.2) is 0 Å². The molecule has 2 aromatic heterocycles. The summed E-state index contributed by atoms with van der Waals surface area (Å²) in [7, 11) is 1.94. The Bertz CT molecular complexity index is 987. The van der Waals surface area contributed by atoms with Crippen molar-refractivity contribution in [2.45, 2.75) is 20.0 Å². The van der Waals surface area contributed by atoms with Crippen LogP contribution in [0.2, 0.25) is 0 Å². The van der Waals surface area contributed by atoms with Gasteiger partial charge < -0.3 is 18.8 Å². The Morgan fingerprint density at radius 1 is 1.07 bits per heavy atom. The summed E-state index contributed by atoms with van der Waals surface area (Å²) in [6.07, 6.45) is 5.16. The maximum atomic E-state index is 13.2. The van der Waals surface area contributed by atoms with Crippen molar-refractivity contribution in [1.29, 1.82) is 0 Å². The molecule has 0 fully saturated rings. The quantitative estimate of drug-likeness (QED) is 0.509. The number of carbonyl (C=O) groups is 2. The van der Waals surface area contributed by atoms with Crippen molar-refractivity contribution in [2.75, 3.05) is 13.1 Å². The number of carbonyl (C=O) groups excluding carboxylic acids is 2. The lowest BCUT2D eigenvalue weighted by Crippen LogP contribution is -2.42. The minimum atomic E-state index is -0.194. The number of aryl methyl sites for hydroxylation is 2. The second-order valence-corrected chi connectivity index (χ2v) is 7.28. The Kier molecular flexibility index (Phi) is 6.91. The zero-order chi connectivity index (χ0) is 21.5. The molecule has 0 N–H and O–H groups in total. The first-order chi connectivity index (χ1) is 14.5. The SMILES string of the molecule is C=CCN(CC(=O)N(Cc1ccco1)Cc1cccn1C)C(=O)c1ccc(C)cc1. The van der Waals surface area contributed by atoms with Gasteiger partial charge in [-0.05, 0) is 43.3 Å². The van der Waals surface area contributed by atoms with Crippen molar-refractivity contribution in [2.24, 2.45) is 7.05 Å². The van der Waals surface area contributed by atoms with Gasteiger partial charge in [0.15, 0.2) is 0 Å². The molecule has 156 valence electrons. The Hall–Kier alpha value is -3.54. The van der Waals surface area contributed by atoms with Crippen LogP contribution < -0.4 is 0 Å². The topological polar surface area (TPSA) is 58.7 Å². The van der Waals surface area contributed by atoms with E-state index >= 15 is 0 Å². The number of hydrogen-bond donors (Lipinski definition) is 0. The van der Waals surface area contributed by atoms with E-state index < -0.39 is 0 Å². The van der Waals surface area contributed by atoms with E-state index in [1.165, 1.54) is 4.90 Å². The van der Waals surface area contributed by atoms with Gasteiger partial charge in [0.2, 0.25) is 5.91 Å². The molecule has 6 nitrogen and oxygen atoms in total. The Labute approximate surface area is 177 Å². The molecule has 0 aliphatic carbocycles. The lowest BCUT2D eigenvalue weighted by Gasteiger charge is -2.27. The van der Waals surface area contributed by atoms with E-state index in [1.54, 1.807) is 35.4 Å². The molecule has 1 aromatic carbocycles. The minimum Gasteiger partial charge on any atom is -0.467 e. The van der Waals surface area contributed by atoms with Crippen LogP contribution in [0.3, 0.4) is 0 Å². The summed E-state index contributed by atoms with van der Waals surface area (Å²) in [5.74, 6) is 0.340. The van der Waals surface area contributed by atoms with E-state index in [9.17, 15) is 9.59 Å². The van der Waals surface area contributed by atoms with Crippen LogP contribution in [0.1, 0.15) is 27.4 Å². The molecule has 0 saturated heterocycles. The monoisotopic (exact) mass is 405 g/mol. The predicted molar refractivity (Wildman–Crippen MR) is 116 cm³/mol. The number of rotatable bonds is 9. The van der Waals surface area contributed by atoms with Crippen LogP contribution in [0.5, 0.6) is 0 Å². The zero-order valence-electron chi connectivity index (χ0n) is 17.5. The highest BCUT2D eigenvalue weighted by Crippen LogP contribution is 2.13. The third-order valence-corrected chi connectivity index (χ3v) is 4.95. The first-order valence-electron chi connectivity index (χ1n) is 9.85. The molecule has 0 spiro atoms. The number of benzene rings is 1. The lowest BCUT2D eigenvalue weighted by atomic mass is 10.1. The van der Waals surface area contributed by atoms with Crippen molar-refractivity contribution in [3.8, 4) is 0 Å². The van der Waals surface area contributed by atoms with Crippen molar-refractivity contribution >= 4 is 11.8 Å². The molecule has 0 aliphatic rings. The van der Waals surface area contributed by atoms with E-state index in [2.05, 4.69) is 6.58 Å². The summed E-state index contributed by atoms with van der Waals surface area (Å²) >= 11 is 0. The maximum absolute atomic E-state index is 13.2. The Morgan fingerprint density at radius 3 is 2.43 bits per heavy atom. The molecule has 0 saturated carbocycles.